The van der Waals surface area contributed by atoms with E-state index in [2.05, 4.69) is 10.1 Å². The fourth-order valence-corrected chi connectivity index (χ4v) is 1.94. The molecular weight excluding hydrogens is 302 g/mol. The lowest BCUT2D eigenvalue weighted by atomic mass is 10.1. The van der Waals surface area contributed by atoms with E-state index in [0.29, 0.717) is 5.75 Å². The molecule has 2 aromatic carbocycles. The average Bonchev–Trinajstić information content (AvgIpc) is 2.54. The van der Waals surface area contributed by atoms with Crippen LogP contribution in [-0.4, -0.2) is 36.3 Å². The molecule has 0 saturated carbocycles. The van der Waals surface area contributed by atoms with Crippen molar-refractivity contribution >= 4 is 17.6 Å². The van der Waals surface area contributed by atoms with Crippen LogP contribution in [0.4, 0.5) is 5.69 Å². The quantitative estimate of drug-likeness (QED) is 0.746. The molecule has 0 unspecified atom stereocenters. The number of benzene rings is 2. The lowest BCUT2D eigenvalue weighted by molar-refractivity contribution is 0.0602. The molecule has 0 heterocycles. The molecule has 2 rings (SSSR count). The summed E-state index contributed by atoms with van der Waals surface area (Å²) in [5.74, 6) is -1.33. The molecular formula is C16H15NO6. The molecule has 0 radical (unpaired) electrons. The second-order valence-electron chi connectivity index (χ2n) is 4.56. The SMILES string of the molecule is COC(=O)c1ccc(O)cc1NC(=O)c1ccc(OC)cc1O. The number of anilines is 1. The Bertz CT molecular complexity index is 756. The van der Waals surface area contributed by atoms with Crippen LogP contribution in [-0.2, 0) is 4.74 Å². The highest BCUT2D eigenvalue weighted by molar-refractivity contribution is 6.09. The van der Waals surface area contributed by atoms with E-state index in [9.17, 15) is 19.8 Å². The summed E-state index contributed by atoms with van der Waals surface area (Å²) >= 11 is 0. The maximum absolute atomic E-state index is 12.3. The lowest BCUT2D eigenvalue weighted by Gasteiger charge is -2.11. The van der Waals surface area contributed by atoms with Gasteiger partial charge < -0.3 is 25.0 Å². The minimum Gasteiger partial charge on any atom is -0.508 e. The predicted octanol–water partition coefficient (Wildman–Crippen LogP) is 2.15. The topological polar surface area (TPSA) is 105 Å². The molecule has 7 nitrogen and oxygen atoms in total. The second kappa shape index (κ2) is 6.69. The number of hydrogen-bond acceptors (Lipinski definition) is 6. The summed E-state index contributed by atoms with van der Waals surface area (Å²) in [5.41, 5.74) is 0.133. The van der Waals surface area contributed by atoms with Crippen LogP contribution in [0.5, 0.6) is 17.2 Å². The summed E-state index contributed by atoms with van der Waals surface area (Å²) in [5, 5.41) is 21.9. The lowest BCUT2D eigenvalue weighted by Crippen LogP contribution is -2.15. The molecule has 0 aliphatic heterocycles. The second-order valence-corrected chi connectivity index (χ2v) is 4.56. The summed E-state index contributed by atoms with van der Waals surface area (Å²) in [6.07, 6.45) is 0. The molecule has 1 amide bonds. The number of carbonyl (C=O) groups is 2. The van der Waals surface area contributed by atoms with E-state index in [0.717, 1.165) is 0 Å². The van der Waals surface area contributed by atoms with Gasteiger partial charge in [0.15, 0.2) is 0 Å². The maximum atomic E-state index is 12.3. The van der Waals surface area contributed by atoms with Crippen LogP contribution in [0.2, 0.25) is 0 Å². The number of carbonyl (C=O) groups excluding carboxylic acids is 2. The van der Waals surface area contributed by atoms with E-state index in [-0.39, 0.29) is 28.3 Å². The van der Waals surface area contributed by atoms with Crippen molar-refractivity contribution in [2.24, 2.45) is 0 Å². The van der Waals surface area contributed by atoms with Gasteiger partial charge in [-0.1, -0.05) is 0 Å². The zero-order valence-electron chi connectivity index (χ0n) is 12.5. The van der Waals surface area contributed by atoms with Crippen molar-refractivity contribution in [1.82, 2.24) is 0 Å². The van der Waals surface area contributed by atoms with Crippen molar-refractivity contribution in [2.45, 2.75) is 0 Å². The molecule has 0 spiro atoms. The zero-order chi connectivity index (χ0) is 17.0. The number of esters is 1. The predicted molar refractivity (Wildman–Crippen MR) is 82.1 cm³/mol. The summed E-state index contributed by atoms with van der Waals surface area (Å²) in [6.45, 7) is 0. The van der Waals surface area contributed by atoms with Gasteiger partial charge >= 0.3 is 5.97 Å². The van der Waals surface area contributed by atoms with Crippen LogP contribution in [0.3, 0.4) is 0 Å². The van der Waals surface area contributed by atoms with Gasteiger partial charge in [0.25, 0.3) is 5.91 Å². The van der Waals surface area contributed by atoms with Crippen molar-refractivity contribution in [3.63, 3.8) is 0 Å². The maximum Gasteiger partial charge on any atom is 0.339 e. The summed E-state index contributed by atoms with van der Waals surface area (Å²) in [6, 6.07) is 8.02. The minimum absolute atomic E-state index is 0.00930. The van der Waals surface area contributed by atoms with Gasteiger partial charge in [-0.25, -0.2) is 4.79 Å². The molecule has 0 bridgehead atoms. The Morgan fingerprint density at radius 3 is 2.30 bits per heavy atom. The average molecular weight is 317 g/mol. The van der Waals surface area contributed by atoms with Gasteiger partial charge in [-0.15, -0.1) is 0 Å². The molecule has 0 aromatic heterocycles. The van der Waals surface area contributed by atoms with Crippen LogP contribution in [0.15, 0.2) is 36.4 Å². The van der Waals surface area contributed by atoms with Crippen molar-refractivity contribution < 1.29 is 29.3 Å². The summed E-state index contributed by atoms with van der Waals surface area (Å²) < 4.78 is 9.56. The number of amides is 1. The Hall–Kier alpha value is -3.22. The van der Waals surface area contributed by atoms with Gasteiger partial charge in [-0.2, -0.15) is 0 Å². The molecule has 0 aliphatic rings. The van der Waals surface area contributed by atoms with Crippen molar-refractivity contribution in [1.29, 1.82) is 0 Å². The van der Waals surface area contributed by atoms with E-state index in [4.69, 9.17) is 4.74 Å². The smallest absolute Gasteiger partial charge is 0.339 e. The van der Waals surface area contributed by atoms with E-state index < -0.39 is 11.9 Å². The van der Waals surface area contributed by atoms with E-state index >= 15 is 0 Å². The monoisotopic (exact) mass is 317 g/mol. The first-order valence-corrected chi connectivity index (χ1v) is 6.56. The first-order chi connectivity index (χ1) is 11.0. The highest BCUT2D eigenvalue weighted by Gasteiger charge is 2.17. The summed E-state index contributed by atoms with van der Waals surface area (Å²) in [7, 11) is 2.64. The number of methoxy groups -OCH3 is 2. The largest absolute Gasteiger partial charge is 0.508 e. The van der Waals surface area contributed by atoms with E-state index in [1.807, 2.05) is 0 Å². The standard InChI is InChI=1S/C16H15NO6/c1-22-10-4-6-12(14(19)8-10)15(20)17-13-7-9(18)3-5-11(13)16(21)23-2/h3-8,18-19H,1-2H3,(H,17,20). The Morgan fingerprint density at radius 1 is 1.00 bits per heavy atom. The summed E-state index contributed by atoms with van der Waals surface area (Å²) in [4.78, 5) is 24.0. The number of ether oxygens (including phenoxy) is 2. The molecule has 0 aliphatic carbocycles. The Morgan fingerprint density at radius 2 is 1.70 bits per heavy atom. The fraction of sp³-hybridized carbons (Fsp3) is 0.125. The number of nitrogens with one attached hydrogen (secondary N) is 1. The first-order valence-electron chi connectivity index (χ1n) is 6.56. The molecule has 0 fully saturated rings. The number of phenolic OH excluding ortho intramolecular Hbond substituents is 2. The van der Waals surface area contributed by atoms with Crippen molar-refractivity contribution in [2.75, 3.05) is 19.5 Å². The van der Waals surface area contributed by atoms with Crippen LogP contribution < -0.4 is 10.1 Å². The number of rotatable bonds is 4. The third-order valence-corrected chi connectivity index (χ3v) is 3.11. The molecule has 0 saturated heterocycles. The van der Waals surface area contributed by atoms with Crippen molar-refractivity contribution in [3.05, 3.63) is 47.5 Å². The van der Waals surface area contributed by atoms with E-state index in [1.54, 1.807) is 0 Å². The fourth-order valence-electron chi connectivity index (χ4n) is 1.94. The van der Waals surface area contributed by atoms with Gasteiger partial charge in [-0.05, 0) is 24.3 Å². The normalized spacial score (nSPS) is 10.0. The van der Waals surface area contributed by atoms with Gasteiger partial charge in [0, 0.05) is 12.1 Å². The van der Waals surface area contributed by atoms with Crippen molar-refractivity contribution in [3.8, 4) is 17.2 Å². The highest BCUT2D eigenvalue weighted by Crippen LogP contribution is 2.27. The van der Waals surface area contributed by atoms with Crippen LogP contribution in [0.1, 0.15) is 20.7 Å². The third-order valence-electron chi connectivity index (χ3n) is 3.11. The van der Waals surface area contributed by atoms with Gasteiger partial charge in [0.1, 0.15) is 17.2 Å². The number of phenols is 2. The number of hydrogen-bond donors (Lipinski definition) is 3. The first kappa shape index (κ1) is 16.2. The van der Waals surface area contributed by atoms with Gasteiger partial charge in [-0.3, -0.25) is 4.79 Å². The third kappa shape index (κ3) is 3.52. The highest BCUT2D eigenvalue weighted by atomic mass is 16.5. The molecule has 120 valence electrons. The Labute approximate surface area is 132 Å². The van der Waals surface area contributed by atoms with Crippen LogP contribution in [0.25, 0.3) is 0 Å². The Kier molecular flexibility index (Phi) is 4.70. The van der Waals surface area contributed by atoms with E-state index in [1.165, 1.54) is 50.6 Å². The minimum atomic E-state index is -0.667. The molecule has 0 atom stereocenters. The zero-order valence-corrected chi connectivity index (χ0v) is 12.5. The molecule has 7 heteroatoms. The van der Waals surface area contributed by atoms with Gasteiger partial charge in [0.2, 0.25) is 0 Å². The van der Waals surface area contributed by atoms with Gasteiger partial charge in [0.05, 0.1) is 31.0 Å². The Balaban J connectivity index is 2.33. The molecule has 2 aromatic rings. The van der Waals surface area contributed by atoms with Crippen LogP contribution in [0, 0.1) is 0 Å². The molecule has 3 N–H and O–H groups in total. The van der Waals surface area contributed by atoms with Crippen LogP contribution >= 0.6 is 0 Å². The number of aromatic hydroxyl groups is 2. The molecule has 23 heavy (non-hydrogen) atoms.